The smallest absolute Gasteiger partial charge is 0.254 e. The van der Waals surface area contributed by atoms with E-state index in [1.54, 1.807) is 25.1 Å². The Balaban J connectivity index is 2.20. The first-order valence-electron chi connectivity index (χ1n) is 6.55. The molecule has 1 fully saturated rings. The first kappa shape index (κ1) is 14.1. The third kappa shape index (κ3) is 3.16. The minimum Gasteiger partial charge on any atom is -0.335 e. The number of amides is 1. The van der Waals surface area contributed by atoms with Gasteiger partial charge >= 0.3 is 0 Å². The van der Waals surface area contributed by atoms with Crippen LogP contribution in [0.3, 0.4) is 0 Å². The van der Waals surface area contributed by atoms with E-state index in [9.17, 15) is 9.59 Å². The van der Waals surface area contributed by atoms with Gasteiger partial charge < -0.3 is 4.90 Å². The summed E-state index contributed by atoms with van der Waals surface area (Å²) in [5, 5.41) is 0.635. The van der Waals surface area contributed by atoms with E-state index in [0.717, 1.165) is 24.9 Å². The van der Waals surface area contributed by atoms with Gasteiger partial charge in [0.1, 0.15) is 5.78 Å². The number of halogens is 1. The molecular formula is C15H18ClNO2. The molecule has 0 aromatic heterocycles. The molecule has 1 heterocycles. The van der Waals surface area contributed by atoms with Crippen LogP contribution in [0, 0.1) is 6.92 Å². The minimum absolute atomic E-state index is 0.0120. The van der Waals surface area contributed by atoms with E-state index in [4.69, 9.17) is 11.6 Å². The van der Waals surface area contributed by atoms with Gasteiger partial charge in [-0.1, -0.05) is 11.6 Å². The number of rotatable bonds is 3. The molecule has 2 rings (SSSR count). The molecule has 0 bridgehead atoms. The van der Waals surface area contributed by atoms with Crippen LogP contribution in [-0.4, -0.2) is 29.2 Å². The van der Waals surface area contributed by atoms with Crippen molar-refractivity contribution in [1.82, 2.24) is 4.90 Å². The lowest BCUT2D eigenvalue weighted by Crippen LogP contribution is -2.36. The maximum absolute atomic E-state index is 12.5. The number of likely N-dealkylation sites (tertiary alicyclic amines) is 1. The number of nitrogens with zero attached hydrogens (tertiary/aromatic N) is 1. The average Bonchev–Trinajstić information content (AvgIpc) is 2.75. The Morgan fingerprint density at radius 1 is 1.42 bits per heavy atom. The van der Waals surface area contributed by atoms with Crippen LogP contribution < -0.4 is 0 Å². The Hall–Kier alpha value is -1.35. The number of benzene rings is 1. The summed E-state index contributed by atoms with van der Waals surface area (Å²) in [6, 6.07) is 5.35. The summed E-state index contributed by atoms with van der Waals surface area (Å²) in [6.45, 7) is 4.20. The van der Waals surface area contributed by atoms with Gasteiger partial charge in [-0.25, -0.2) is 0 Å². The highest BCUT2D eigenvalue weighted by Gasteiger charge is 2.30. The number of hydrogen-bond donors (Lipinski definition) is 0. The summed E-state index contributed by atoms with van der Waals surface area (Å²) in [5.41, 5.74) is 1.56. The van der Waals surface area contributed by atoms with Crippen LogP contribution in [0.1, 0.15) is 42.1 Å². The number of ketones is 1. The molecule has 0 saturated carbocycles. The van der Waals surface area contributed by atoms with Gasteiger partial charge in [-0.15, -0.1) is 0 Å². The van der Waals surface area contributed by atoms with Crippen LogP contribution in [0.25, 0.3) is 0 Å². The highest BCUT2D eigenvalue weighted by Crippen LogP contribution is 2.25. The molecule has 0 spiro atoms. The van der Waals surface area contributed by atoms with E-state index >= 15 is 0 Å². The second-order valence-electron chi connectivity index (χ2n) is 5.16. The Morgan fingerprint density at radius 3 is 2.79 bits per heavy atom. The van der Waals surface area contributed by atoms with Crippen molar-refractivity contribution in [3.8, 4) is 0 Å². The highest BCUT2D eigenvalue weighted by molar-refractivity contribution is 6.30. The van der Waals surface area contributed by atoms with Crippen molar-refractivity contribution < 1.29 is 9.59 Å². The predicted molar refractivity (Wildman–Crippen MR) is 75.5 cm³/mol. The molecule has 1 unspecified atom stereocenters. The van der Waals surface area contributed by atoms with Crippen molar-refractivity contribution in [2.75, 3.05) is 6.54 Å². The van der Waals surface area contributed by atoms with Gasteiger partial charge in [0, 0.05) is 29.6 Å². The normalized spacial score (nSPS) is 18.7. The van der Waals surface area contributed by atoms with Gasteiger partial charge in [0.25, 0.3) is 5.91 Å². The second-order valence-corrected chi connectivity index (χ2v) is 5.60. The topological polar surface area (TPSA) is 37.4 Å². The zero-order valence-electron chi connectivity index (χ0n) is 11.3. The summed E-state index contributed by atoms with van der Waals surface area (Å²) >= 11 is 5.91. The van der Waals surface area contributed by atoms with Gasteiger partial charge in [0.15, 0.2) is 0 Å². The molecule has 0 radical (unpaired) electrons. The molecule has 1 amide bonds. The third-order valence-electron chi connectivity index (χ3n) is 3.58. The molecule has 0 N–H and O–H groups in total. The lowest BCUT2D eigenvalue weighted by Gasteiger charge is -2.24. The Morgan fingerprint density at radius 2 is 2.16 bits per heavy atom. The summed E-state index contributed by atoms with van der Waals surface area (Å²) in [6.07, 6.45) is 2.34. The molecule has 4 heteroatoms. The molecule has 1 aliphatic heterocycles. The molecule has 1 aliphatic rings. The fourth-order valence-corrected chi connectivity index (χ4v) is 2.90. The molecular weight excluding hydrogens is 262 g/mol. The molecule has 1 saturated heterocycles. The summed E-state index contributed by atoms with van der Waals surface area (Å²) < 4.78 is 0. The Labute approximate surface area is 118 Å². The Kier molecular flexibility index (Phi) is 4.25. The van der Waals surface area contributed by atoms with Crippen LogP contribution in [0.15, 0.2) is 18.2 Å². The van der Waals surface area contributed by atoms with Crippen LogP contribution in [-0.2, 0) is 4.79 Å². The molecule has 102 valence electrons. The summed E-state index contributed by atoms with van der Waals surface area (Å²) in [7, 11) is 0. The first-order chi connectivity index (χ1) is 8.99. The largest absolute Gasteiger partial charge is 0.335 e. The number of carbonyl (C=O) groups is 2. The number of carbonyl (C=O) groups excluding carboxylic acids is 2. The quantitative estimate of drug-likeness (QED) is 0.852. The van der Waals surface area contributed by atoms with Crippen molar-refractivity contribution in [2.45, 2.75) is 39.2 Å². The van der Waals surface area contributed by atoms with E-state index in [1.807, 2.05) is 11.8 Å². The van der Waals surface area contributed by atoms with Crippen molar-refractivity contribution in [3.05, 3.63) is 34.3 Å². The van der Waals surface area contributed by atoms with Gasteiger partial charge in [-0.2, -0.15) is 0 Å². The summed E-state index contributed by atoms with van der Waals surface area (Å²) in [4.78, 5) is 25.6. The number of aryl methyl sites for hydroxylation is 1. The first-order valence-corrected chi connectivity index (χ1v) is 6.93. The standard InChI is InChI=1S/C15H18ClNO2/c1-10-8-12(16)5-6-14(10)15(19)17-7-3-4-13(17)9-11(2)18/h5-6,8,13H,3-4,7,9H2,1-2H3. The predicted octanol–water partition coefficient (Wildman–Crippen LogP) is 3.23. The van der Waals surface area contributed by atoms with Crippen LogP contribution in [0.5, 0.6) is 0 Å². The number of Topliss-reactive ketones (excluding diaryl/α,β-unsaturated/α-hetero) is 1. The van der Waals surface area contributed by atoms with E-state index in [0.29, 0.717) is 17.0 Å². The van der Waals surface area contributed by atoms with Gasteiger partial charge in [-0.05, 0) is 50.5 Å². The summed E-state index contributed by atoms with van der Waals surface area (Å²) in [5.74, 6) is 0.149. The maximum atomic E-state index is 12.5. The third-order valence-corrected chi connectivity index (χ3v) is 3.82. The molecule has 3 nitrogen and oxygen atoms in total. The highest BCUT2D eigenvalue weighted by atomic mass is 35.5. The van der Waals surface area contributed by atoms with Crippen molar-refractivity contribution in [1.29, 1.82) is 0 Å². The zero-order valence-corrected chi connectivity index (χ0v) is 12.0. The second kappa shape index (κ2) is 5.74. The number of hydrogen-bond acceptors (Lipinski definition) is 2. The molecule has 0 aliphatic carbocycles. The monoisotopic (exact) mass is 279 g/mol. The van der Waals surface area contributed by atoms with E-state index in [2.05, 4.69) is 0 Å². The van der Waals surface area contributed by atoms with Crippen molar-refractivity contribution in [3.63, 3.8) is 0 Å². The fraction of sp³-hybridized carbons (Fsp3) is 0.467. The maximum Gasteiger partial charge on any atom is 0.254 e. The molecule has 1 atom stereocenters. The molecule has 19 heavy (non-hydrogen) atoms. The fourth-order valence-electron chi connectivity index (χ4n) is 2.67. The Bertz CT molecular complexity index is 513. The van der Waals surface area contributed by atoms with E-state index < -0.39 is 0 Å². The lowest BCUT2D eigenvalue weighted by atomic mass is 10.1. The van der Waals surface area contributed by atoms with Crippen LogP contribution >= 0.6 is 11.6 Å². The van der Waals surface area contributed by atoms with Crippen LogP contribution in [0.4, 0.5) is 0 Å². The van der Waals surface area contributed by atoms with Crippen molar-refractivity contribution in [2.24, 2.45) is 0 Å². The molecule has 1 aromatic rings. The van der Waals surface area contributed by atoms with E-state index in [1.165, 1.54) is 0 Å². The zero-order chi connectivity index (χ0) is 14.0. The van der Waals surface area contributed by atoms with Gasteiger partial charge in [-0.3, -0.25) is 9.59 Å². The van der Waals surface area contributed by atoms with Crippen molar-refractivity contribution >= 4 is 23.3 Å². The minimum atomic E-state index is 0.0120. The van der Waals surface area contributed by atoms with Gasteiger partial charge in [0.2, 0.25) is 0 Å². The molecule has 1 aromatic carbocycles. The lowest BCUT2D eigenvalue weighted by molar-refractivity contribution is -0.117. The van der Waals surface area contributed by atoms with E-state index in [-0.39, 0.29) is 17.7 Å². The van der Waals surface area contributed by atoms with Crippen LogP contribution in [0.2, 0.25) is 5.02 Å². The van der Waals surface area contributed by atoms with Gasteiger partial charge in [0.05, 0.1) is 0 Å². The average molecular weight is 280 g/mol. The SMILES string of the molecule is CC(=O)CC1CCCN1C(=O)c1ccc(Cl)cc1C.